The third-order valence-electron chi connectivity index (χ3n) is 7.28. The normalized spacial score (nSPS) is 18.5. The van der Waals surface area contributed by atoms with Gasteiger partial charge in [0.25, 0.3) is 0 Å². The van der Waals surface area contributed by atoms with Gasteiger partial charge in [-0.1, -0.05) is 47.6 Å². The molecule has 1 aromatic rings. The van der Waals surface area contributed by atoms with E-state index in [1.165, 1.54) is 0 Å². The van der Waals surface area contributed by atoms with Crippen LogP contribution in [0.15, 0.2) is 18.2 Å². The summed E-state index contributed by atoms with van der Waals surface area (Å²) >= 11 is 0. The van der Waals surface area contributed by atoms with Gasteiger partial charge < -0.3 is 45.1 Å². The highest BCUT2D eigenvalue weighted by atomic mass is 16.7. The summed E-state index contributed by atoms with van der Waals surface area (Å²) in [5.74, 6) is -2.36. The van der Waals surface area contributed by atoms with Crippen LogP contribution in [0.25, 0.3) is 0 Å². The lowest BCUT2D eigenvalue weighted by atomic mass is 10.0. The lowest BCUT2D eigenvalue weighted by Crippen LogP contribution is -2.51. The molecule has 14 heteroatoms. The first kappa shape index (κ1) is 39.6. The second kappa shape index (κ2) is 19.9. The van der Waals surface area contributed by atoms with Crippen LogP contribution in [0.1, 0.15) is 72.8 Å². The molecule has 2 rings (SSSR count). The summed E-state index contributed by atoms with van der Waals surface area (Å²) in [5, 5.41) is 27.6. The number of ether oxygens (including phenoxy) is 4. The Morgan fingerprint density at radius 2 is 1.66 bits per heavy atom. The van der Waals surface area contributed by atoms with Crippen LogP contribution in [0.4, 0.5) is 5.69 Å². The fourth-order valence-electron chi connectivity index (χ4n) is 4.44. The highest BCUT2D eigenvalue weighted by Gasteiger charge is 2.30. The van der Waals surface area contributed by atoms with Crippen LogP contribution in [0.5, 0.6) is 5.75 Å². The maximum absolute atomic E-state index is 12.9. The summed E-state index contributed by atoms with van der Waals surface area (Å²) in [6.45, 7) is 10.1. The number of ketones is 1. The zero-order valence-electron chi connectivity index (χ0n) is 28.2. The van der Waals surface area contributed by atoms with Crippen molar-refractivity contribution in [1.82, 2.24) is 10.6 Å². The average Bonchev–Trinajstić information content (AvgIpc) is 3.01. The average molecular weight is 666 g/mol. The number of carbonyl (C=O) groups is 5. The van der Waals surface area contributed by atoms with E-state index in [4.69, 9.17) is 18.9 Å². The predicted octanol–water partition coefficient (Wildman–Crippen LogP) is 1.84. The van der Waals surface area contributed by atoms with E-state index in [2.05, 4.69) is 16.0 Å². The summed E-state index contributed by atoms with van der Waals surface area (Å²) in [7, 11) is 0. The van der Waals surface area contributed by atoms with E-state index in [1.807, 2.05) is 13.8 Å². The summed E-state index contributed by atoms with van der Waals surface area (Å²) in [4.78, 5) is 61.9. The third kappa shape index (κ3) is 14.4. The molecule has 3 amide bonds. The van der Waals surface area contributed by atoms with Crippen LogP contribution >= 0.6 is 0 Å². The van der Waals surface area contributed by atoms with Crippen LogP contribution in [-0.4, -0.2) is 90.6 Å². The number of Topliss-reactive ketones (excluding diaryl/α,β-unsaturated/α-hetero) is 1. The molecule has 1 fully saturated rings. The van der Waals surface area contributed by atoms with Crippen LogP contribution in [0, 0.1) is 17.8 Å². The summed E-state index contributed by atoms with van der Waals surface area (Å²) in [5.41, 5.74) is 0.802. The summed E-state index contributed by atoms with van der Waals surface area (Å²) in [6, 6.07) is 3.85. The number of esters is 1. The third-order valence-corrected chi connectivity index (χ3v) is 7.28. The monoisotopic (exact) mass is 665 g/mol. The van der Waals surface area contributed by atoms with Gasteiger partial charge in [-0.2, -0.15) is 0 Å². The molecule has 47 heavy (non-hydrogen) atoms. The molecule has 14 nitrogen and oxygen atoms in total. The number of hydrogen-bond acceptors (Lipinski definition) is 11. The molecule has 5 N–H and O–H groups in total. The molecule has 4 atom stereocenters. The number of rotatable bonds is 19. The van der Waals surface area contributed by atoms with Crippen LogP contribution in [-0.2, 0) is 44.8 Å². The summed E-state index contributed by atoms with van der Waals surface area (Å²) in [6.07, 6.45) is -1.68. The number of aliphatic hydroxyl groups excluding tert-OH is 2. The highest BCUT2D eigenvalue weighted by Crippen LogP contribution is 2.30. The number of benzene rings is 1. The molecule has 0 spiro atoms. The number of hydrogen-bond donors (Lipinski definition) is 5. The van der Waals surface area contributed by atoms with Gasteiger partial charge in [0.05, 0.1) is 50.2 Å². The van der Waals surface area contributed by atoms with Crippen molar-refractivity contribution in [3.8, 4) is 5.75 Å². The molecule has 0 bridgehead atoms. The van der Waals surface area contributed by atoms with Gasteiger partial charge in [-0.15, -0.1) is 0 Å². The van der Waals surface area contributed by atoms with Crippen molar-refractivity contribution in [3.05, 3.63) is 23.8 Å². The molecule has 1 saturated heterocycles. The van der Waals surface area contributed by atoms with Crippen molar-refractivity contribution in [1.29, 1.82) is 0 Å². The quantitative estimate of drug-likeness (QED) is 0.107. The van der Waals surface area contributed by atoms with Gasteiger partial charge in [-0.3, -0.25) is 24.0 Å². The van der Waals surface area contributed by atoms with E-state index in [0.29, 0.717) is 5.56 Å². The Morgan fingerprint density at radius 3 is 2.30 bits per heavy atom. The Kier molecular flexibility index (Phi) is 16.8. The molecule has 0 saturated carbocycles. The Morgan fingerprint density at radius 1 is 0.957 bits per heavy atom. The standard InChI is InChI=1S/C33H51N3O11/c1-19(2)26(39)9-11-44-12-10-28(40)36-31(20(3)4)32(42)34-16-29(41)35-25-8-7-22(18-45-33(43)21(5)6)13-27(25)47-30-15-23(38)14-24(17-37)46-30/h7-8,13,19-21,23-24,30-31,37-38H,9-12,14-18H2,1-6H3,(H,34,42)(H,35,41)(H,36,40). The molecule has 1 aliphatic heterocycles. The first-order valence-electron chi connectivity index (χ1n) is 16.1. The van der Waals surface area contributed by atoms with E-state index in [1.54, 1.807) is 45.9 Å². The molecular formula is C33H51N3O11. The van der Waals surface area contributed by atoms with E-state index in [9.17, 15) is 34.2 Å². The van der Waals surface area contributed by atoms with Gasteiger partial charge in [0.2, 0.25) is 24.0 Å². The van der Waals surface area contributed by atoms with Crippen molar-refractivity contribution in [2.45, 2.75) is 98.4 Å². The Bertz CT molecular complexity index is 1200. The highest BCUT2D eigenvalue weighted by molar-refractivity contribution is 5.97. The van der Waals surface area contributed by atoms with Gasteiger partial charge in [0.15, 0.2) is 0 Å². The van der Waals surface area contributed by atoms with Crippen LogP contribution in [0.2, 0.25) is 0 Å². The lowest BCUT2D eigenvalue weighted by molar-refractivity contribution is -0.184. The van der Waals surface area contributed by atoms with E-state index in [0.717, 1.165) is 0 Å². The zero-order valence-corrected chi connectivity index (χ0v) is 28.2. The number of nitrogens with one attached hydrogen (secondary N) is 3. The smallest absolute Gasteiger partial charge is 0.308 e. The molecule has 1 aliphatic rings. The van der Waals surface area contributed by atoms with Gasteiger partial charge in [-0.25, -0.2) is 0 Å². The van der Waals surface area contributed by atoms with E-state index >= 15 is 0 Å². The minimum atomic E-state index is -0.928. The molecule has 1 aromatic carbocycles. The lowest BCUT2D eigenvalue weighted by Gasteiger charge is -2.32. The van der Waals surface area contributed by atoms with Crippen LogP contribution < -0.4 is 20.7 Å². The molecule has 264 valence electrons. The van der Waals surface area contributed by atoms with Crippen molar-refractivity contribution in [2.75, 3.05) is 31.7 Å². The Labute approximate surface area is 276 Å². The number of carbonyl (C=O) groups excluding carboxylic acids is 5. The SMILES string of the molecule is CC(C)C(=O)CCOCCC(=O)NC(C(=O)NCC(=O)Nc1ccc(COC(=O)C(C)C)cc1OC1CC(O)CC(CO)O1)C(C)C. The van der Waals surface area contributed by atoms with Crippen molar-refractivity contribution in [3.63, 3.8) is 0 Å². The molecule has 0 aliphatic carbocycles. The van der Waals surface area contributed by atoms with Crippen LogP contribution in [0.3, 0.4) is 0 Å². The Hall–Kier alpha value is -3.59. The molecular weight excluding hydrogens is 614 g/mol. The fourth-order valence-corrected chi connectivity index (χ4v) is 4.44. The Balaban J connectivity index is 2.00. The second-order valence-corrected chi connectivity index (χ2v) is 12.5. The first-order chi connectivity index (χ1) is 22.2. The molecule has 0 radical (unpaired) electrons. The number of aliphatic hydroxyl groups is 2. The molecule has 1 heterocycles. The minimum absolute atomic E-state index is 0.00306. The van der Waals surface area contributed by atoms with Crippen molar-refractivity contribution in [2.24, 2.45) is 17.8 Å². The minimum Gasteiger partial charge on any atom is -0.463 e. The second-order valence-electron chi connectivity index (χ2n) is 12.5. The molecule has 4 unspecified atom stereocenters. The van der Waals surface area contributed by atoms with Crippen molar-refractivity contribution < 1.29 is 53.1 Å². The summed E-state index contributed by atoms with van der Waals surface area (Å²) < 4.78 is 22.4. The maximum Gasteiger partial charge on any atom is 0.308 e. The largest absolute Gasteiger partial charge is 0.463 e. The fraction of sp³-hybridized carbons (Fsp3) is 0.667. The topological polar surface area (TPSA) is 199 Å². The van der Waals surface area contributed by atoms with Gasteiger partial charge in [-0.05, 0) is 23.6 Å². The number of anilines is 1. The maximum atomic E-state index is 12.9. The van der Waals surface area contributed by atoms with Gasteiger partial charge in [0.1, 0.15) is 24.2 Å². The van der Waals surface area contributed by atoms with Gasteiger partial charge >= 0.3 is 5.97 Å². The molecule has 0 aromatic heterocycles. The van der Waals surface area contributed by atoms with E-state index < -0.39 is 48.8 Å². The number of amides is 3. The van der Waals surface area contributed by atoms with Gasteiger partial charge in [0, 0.05) is 31.6 Å². The van der Waals surface area contributed by atoms with E-state index in [-0.39, 0.29) is 93.1 Å². The van der Waals surface area contributed by atoms with Crippen molar-refractivity contribution >= 4 is 35.2 Å². The predicted molar refractivity (Wildman–Crippen MR) is 171 cm³/mol. The first-order valence-corrected chi connectivity index (χ1v) is 16.1. The zero-order chi connectivity index (χ0) is 35.1.